The zero-order chi connectivity index (χ0) is 8.10. The smallest absolute Gasteiger partial charge is 0.0977 e. The van der Waals surface area contributed by atoms with Crippen LogP contribution in [0.3, 0.4) is 0 Å². The number of aryl methyl sites for hydroxylation is 1. The number of halogens is 1. The first-order valence-electron chi connectivity index (χ1n) is 3.60. The van der Waals surface area contributed by atoms with Gasteiger partial charge < -0.3 is 4.42 Å². The molecule has 0 bridgehead atoms. The van der Waals surface area contributed by atoms with E-state index in [2.05, 4.69) is 0 Å². The van der Waals surface area contributed by atoms with Crippen LogP contribution in [0, 0.1) is 6.92 Å². The fourth-order valence-corrected chi connectivity index (χ4v) is 0.940. The molecule has 0 spiro atoms. The van der Waals surface area contributed by atoms with Gasteiger partial charge in [-0.25, -0.2) is 0 Å². The number of hydrogen-bond donors (Lipinski definition) is 0. The van der Waals surface area contributed by atoms with Crippen molar-refractivity contribution < 1.29 is 4.42 Å². The third-order valence-electron chi connectivity index (χ3n) is 1.47. The van der Waals surface area contributed by atoms with Crippen molar-refractivity contribution in [3.05, 3.63) is 29.7 Å². The minimum Gasteiger partial charge on any atom is -0.472 e. The van der Waals surface area contributed by atoms with E-state index in [1.807, 2.05) is 19.1 Å². The quantitative estimate of drug-likeness (QED) is 0.635. The average Bonchev–Trinajstić information content (AvgIpc) is 2.37. The van der Waals surface area contributed by atoms with Gasteiger partial charge >= 0.3 is 0 Å². The predicted octanol–water partition coefficient (Wildman–Crippen LogP) is 3.23. The van der Waals surface area contributed by atoms with Gasteiger partial charge in [0.2, 0.25) is 0 Å². The summed E-state index contributed by atoms with van der Waals surface area (Å²) < 4.78 is 4.99. The number of allylic oxidation sites excluding steroid dienone is 1. The molecule has 2 heteroatoms. The topological polar surface area (TPSA) is 13.1 Å². The second-order valence-electron chi connectivity index (χ2n) is 2.39. The summed E-state index contributed by atoms with van der Waals surface area (Å²) in [6, 6.07) is 0. The molecule has 1 aromatic rings. The molecular formula is C9H11ClO. The Labute approximate surface area is 71.7 Å². The Bertz CT molecular complexity index is 237. The summed E-state index contributed by atoms with van der Waals surface area (Å²) in [4.78, 5) is 0. The zero-order valence-electron chi connectivity index (χ0n) is 6.51. The van der Waals surface area contributed by atoms with Crippen LogP contribution in [-0.4, -0.2) is 5.88 Å². The average molecular weight is 171 g/mol. The third kappa shape index (κ3) is 2.43. The fourth-order valence-electron chi connectivity index (χ4n) is 0.814. The maximum absolute atomic E-state index is 5.51. The van der Waals surface area contributed by atoms with E-state index in [9.17, 15) is 0 Å². The minimum absolute atomic E-state index is 0.674. The van der Waals surface area contributed by atoms with Gasteiger partial charge in [-0.3, -0.25) is 0 Å². The largest absolute Gasteiger partial charge is 0.472 e. The van der Waals surface area contributed by atoms with E-state index in [0.29, 0.717) is 5.88 Å². The first-order chi connectivity index (χ1) is 5.34. The van der Waals surface area contributed by atoms with E-state index in [1.165, 1.54) is 0 Å². The van der Waals surface area contributed by atoms with Crippen molar-refractivity contribution in [2.45, 2.75) is 13.3 Å². The van der Waals surface area contributed by atoms with Crippen LogP contribution in [-0.2, 0) is 0 Å². The summed E-state index contributed by atoms with van der Waals surface area (Å²) in [6.07, 6.45) is 8.46. The predicted molar refractivity (Wildman–Crippen MR) is 47.8 cm³/mol. The second kappa shape index (κ2) is 4.24. The van der Waals surface area contributed by atoms with Crippen LogP contribution in [0.2, 0.25) is 0 Å². The molecule has 0 aliphatic rings. The Kier molecular flexibility index (Phi) is 3.24. The standard InChI is InChI=1S/C9H11ClO/c1-8-6-11-7-9(8)4-2-3-5-10/h2,4,6-7H,3,5H2,1H3/b4-2+. The Balaban J connectivity index is 2.56. The molecule has 0 aliphatic heterocycles. The molecule has 0 saturated carbocycles. The summed E-state index contributed by atoms with van der Waals surface area (Å²) in [5.74, 6) is 0.674. The van der Waals surface area contributed by atoms with Crippen molar-refractivity contribution in [3.8, 4) is 0 Å². The molecule has 0 radical (unpaired) electrons. The summed E-state index contributed by atoms with van der Waals surface area (Å²) in [7, 11) is 0. The molecule has 1 rings (SSSR count). The second-order valence-corrected chi connectivity index (χ2v) is 2.77. The van der Waals surface area contributed by atoms with Gasteiger partial charge in [0.25, 0.3) is 0 Å². The van der Waals surface area contributed by atoms with Gasteiger partial charge in [-0.2, -0.15) is 0 Å². The normalized spacial score (nSPS) is 11.1. The highest BCUT2D eigenvalue weighted by molar-refractivity contribution is 6.17. The molecule has 60 valence electrons. The molecule has 1 aromatic heterocycles. The van der Waals surface area contributed by atoms with E-state index in [1.54, 1.807) is 12.5 Å². The molecule has 0 atom stereocenters. The molecule has 11 heavy (non-hydrogen) atoms. The van der Waals surface area contributed by atoms with Crippen LogP contribution in [0.5, 0.6) is 0 Å². The maximum Gasteiger partial charge on any atom is 0.0977 e. The Morgan fingerprint density at radius 3 is 2.91 bits per heavy atom. The molecule has 0 aliphatic carbocycles. The first-order valence-corrected chi connectivity index (χ1v) is 4.13. The molecule has 1 nitrogen and oxygen atoms in total. The Morgan fingerprint density at radius 2 is 2.36 bits per heavy atom. The number of hydrogen-bond acceptors (Lipinski definition) is 1. The zero-order valence-corrected chi connectivity index (χ0v) is 7.27. The van der Waals surface area contributed by atoms with Gasteiger partial charge in [-0.15, -0.1) is 11.6 Å². The highest BCUT2D eigenvalue weighted by atomic mass is 35.5. The lowest BCUT2D eigenvalue weighted by Crippen LogP contribution is -1.70. The van der Waals surface area contributed by atoms with Gasteiger partial charge in [0, 0.05) is 11.4 Å². The van der Waals surface area contributed by atoms with Crippen molar-refractivity contribution in [1.82, 2.24) is 0 Å². The van der Waals surface area contributed by atoms with Gasteiger partial charge in [-0.05, 0) is 18.9 Å². The van der Waals surface area contributed by atoms with Gasteiger partial charge in [0.15, 0.2) is 0 Å². The lowest BCUT2D eigenvalue weighted by atomic mass is 10.2. The van der Waals surface area contributed by atoms with Crippen LogP contribution >= 0.6 is 11.6 Å². The van der Waals surface area contributed by atoms with Gasteiger partial charge in [-0.1, -0.05) is 12.2 Å². The van der Waals surface area contributed by atoms with Crippen molar-refractivity contribution in [2.24, 2.45) is 0 Å². The Morgan fingerprint density at radius 1 is 1.55 bits per heavy atom. The Hall–Kier alpha value is -0.690. The minimum atomic E-state index is 0.674. The number of alkyl halides is 1. The molecule has 0 N–H and O–H groups in total. The maximum atomic E-state index is 5.51. The molecule has 0 fully saturated rings. The lowest BCUT2D eigenvalue weighted by Gasteiger charge is -1.86. The van der Waals surface area contributed by atoms with Crippen LogP contribution < -0.4 is 0 Å². The van der Waals surface area contributed by atoms with Crippen molar-refractivity contribution in [1.29, 1.82) is 0 Å². The molecule has 0 unspecified atom stereocenters. The number of rotatable bonds is 3. The van der Waals surface area contributed by atoms with Crippen LogP contribution in [0.1, 0.15) is 17.5 Å². The van der Waals surface area contributed by atoms with Crippen molar-refractivity contribution >= 4 is 17.7 Å². The highest BCUT2D eigenvalue weighted by Crippen LogP contribution is 2.10. The van der Waals surface area contributed by atoms with Crippen LogP contribution in [0.25, 0.3) is 6.08 Å². The molecule has 0 aromatic carbocycles. The lowest BCUT2D eigenvalue weighted by molar-refractivity contribution is 0.565. The third-order valence-corrected chi connectivity index (χ3v) is 1.69. The molecule has 0 amide bonds. The highest BCUT2D eigenvalue weighted by Gasteiger charge is 1.93. The van der Waals surface area contributed by atoms with Crippen molar-refractivity contribution in [3.63, 3.8) is 0 Å². The molecule has 1 heterocycles. The summed E-state index contributed by atoms with van der Waals surface area (Å²) in [5, 5.41) is 0. The van der Waals surface area contributed by atoms with Crippen molar-refractivity contribution in [2.75, 3.05) is 5.88 Å². The summed E-state index contributed by atoms with van der Waals surface area (Å²) in [6.45, 7) is 2.02. The van der Waals surface area contributed by atoms with Gasteiger partial charge in [0.05, 0.1) is 12.5 Å². The monoisotopic (exact) mass is 170 g/mol. The summed E-state index contributed by atoms with van der Waals surface area (Å²) in [5.41, 5.74) is 2.30. The fraction of sp³-hybridized carbons (Fsp3) is 0.333. The number of furan rings is 1. The van der Waals surface area contributed by atoms with E-state index in [4.69, 9.17) is 16.0 Å². The molecule has 0 saturated heterocycles. The van der Waals surface area contributed by atoms with Gasteiger partial charge in [0.1, 0.15) is 0 Å². The SMILES string of the molecule is Cc1cocc1/C=C/CCCl. The van der Waals surface area contributed by atoms with Crippen LogP contribution in [0.15, 0.2) is 23.0 Å². The van der Waals surface area contributed by atoms with E-state index >= 15 is 0 Å². The van der Waals surface area contributed by atoms with E-state index in [0.717, 1.165) is 17.5 Å². The van der Waals surface area contributed by atoms with E-state index < -0.39 is 0 Å². The first kappa shape index (κ1) is 8.41. The van der Waals surface area contributed by atoms with Crippen LogP contribution in [0.4, 0.5) is 0 Å². The van der Waals surface area contributed by atoms with E-state index in [-0.39, 0.29) is 0 Å². The molecular weight excluding hydrogens is 160 g/mol. The summed E-state index contributed by atoms with van der Waals surface area (Å²) >= 11 is 5.51.